The molecule has 10 nitrogen and oxygen atoms in total. The molecule has 6 rings (SSSR count). The summed E-state index contributed by atoms with van der Waals surface area (Å²) in [5.74, 6) is 0.814. The highest BCUT2D eigenvalue weighted by Crippen LogP contribution is 2.30. The second-order valence-corrected chi connectivity index (χ2v) is 8.78. The Balaban J connectivity index is 1.29. The van der Waals surface area contributed by atoms with Gasteiger partial charge in [-0.05, 0) is 30.5 Å². The Kier molecular flexibility index (Phi) is 4.97. The van der Waals surface area contributed by atoms with Crippen LogP contribution in [-0.4, -0.2) is 39.1 Å². The highest BCUT2D eigenvalue weighted by molar-refractivity contribution is 5.78. The first-order chi connectivity index (χ1) is 16.6. The van der Waals surface area contributed by atoms with Crippen LogP contribution < -0.4 is 11.1 Å². The van der Waals surface area contributed by atoms with Crippen molar-refractivity contribution in [2.24, 2.45) is 7.05 Å². The average Bonchev–Trinajstić information content (AvgIpc) is 3.58. The van der Waals surface area contributed by atoms with E-state index in [9.17, 15) is 0 Å². The van der Waals surface area contributed by atoms with Gasteiger partial charge >= 0.3 is 0 Å². The van der Waals surface area contributed by atoms with E-state index in [0.29, 0.717) is 29.1 Å². The average molecular weight is 455 g/mol. The number of anilines is 3. The van der Waals surface area contributed by atoms with Gasteiger partial charge in [0.2, 0.25) is 11.9 Å². The summed E-state index contributed by atoms with van der Waals surface area (Å²) >= 11 is 0. The van der Waals surface area contributed by atoms with Gasteiger partial charge in [0.05, 0.1) is 36.0 Å². The van der Waals surface area contributed by atoms with E-state index in [4.69, 9.17) is 5.73 Å². The van der Waals surface area contributed by atoms with Crippen molar-refractivity contribution in [1.82, 2.24) is 39.1 Å². The molecule has 10 heteroatoms. The van der Waals surface area contributed by atoms with E-state index in [1.807, 2.05) is 36.1 Å². The number of aryl methyl sites for hydroxylation is 1. The fourth-order valence-corrected chi connectivity index (χ4v) is 4.66. The van der Waals surface area contributed by atoms with Gasteiger partial charge in [-0.1, -0.05) is 31.4 Å². The molecule has 1 saturated carbocycles. The molecular formula is C24H26N10. The van der Waals surface area contributed by atoms with E-state index in [2.05, 4.69) is 53.5 Å². The molecule has 1 fully saturated rings. The summed E-state index contributed by atoms with van der Waals surface area (Å²) in [4.78, 5) is 13.5. The smallest absolute Gasteiger partial charge is 0.229 e. The minimum Gasteiger partial charge on any atom is -0.369 e. The third kappa shape index (κ3) is 3.76. The topological polar surface area (TPSA) is 117 Å². The van der Waals surface area contributed by atoms with Crippen molar-refractivity contribution >= 4 is 28.7 Å². The Morgan fingerprint density at radius 3 is 2.50 bits per heavy atom. The highest BCUT2D eigenvalue weighted by atomic mass is 15.3. The summed E-state index contributed by atoms with van der Waals surface area (Å²) in [6.07, 6.45) is 15.7. The minimum atomic E-state index is 0.362. The van der Waals surface area contributed by atoms with E-state index in [-0.39, 0.29) is 0 Å². The van der Waals surface area contributed by atoms with Crippen LogP contribution in [0.5, 0.6) is 0 Å². The number of aromatic nitrogens is 8. The molecule has 4 heterocycles. The fourth-order valence-electron chi connectivity index (χ4n) is 4.66. The number of fused-ring (bicyclic) bond motifs is 1. The predicted molar refractivity (Wildman–Crippen MR) is 131 cm³/mol. The van der Waals surface area contributed by atoms with Gasteiger partial charge in [-0.15, -0.1) is 0 Å². The zero-order valence-corrected chi connectivity index (χ0v) is 19.0. The first-order valence-electron chi connectivity index (χ1n) is 11.6. The lowest BCUT2D eigenvalue weighted by Crippen LogP contribution is -2.12. The van der Waals surface area contributed by atoms with E-state index >= 15 is 0 Å². The zero-order chi connectivity index (χ0) is 23.1. The molecule has 3 N–H and O–H groups in total. The molecule has 0 amide bonds. The van der Waals surface area contributed by atoms with Gasteiger partial charge in [-0.2, -0.15) is 15.2 Å². The Hall–Kier alpha value is -4.21. The van der Waals surface area contributed by atoms with Crippen molar-refractivity contribution in [3.63, 3.8) is 0 Å². The van der Waals surface area contributed by atoms with Gasteiger partial charge in [0, 0.05) is 25.0 Å². The van der Waals surface area contributed by atoms with Crippen LogP contribution in [0.25, 0.3) is 28.0 Å². The summed E-state index contributed by atoms with van der Waals surface area (Å²) < 4.78 is 5.68. The van der Waals surface area contributed by atoms with Crippen LogP contribution in [0.2, 0.25) is 0 Å². The maximum atomic E-state index is 6.26. The lowest BCUT2D eigenvalue weighted by atomic mass is 9.96. The number of benzene rings is 1. The molecule has 4 aromatic heterocycles. The van der Waals surface area contributed by atoms with Gasteiger partial charge < -0.3 is 11.1 Å². The molecule has 34 heavy (non-hydrogen) atoms. The Bertz CT molecular complexity index is 1440. The van der Waals surface area contributed by atoms with Crippen LogP contribution in [0.3, 0.4) is 0 Å². The Labute approximate surface area is 196 Å². The molecule has 0 unspecified atom stereocenters. The van der Waals surface area contributed by atoms with Gasteiger partial charge in [-0.3, -0.25) is 13.9 Å². The van der Waals surface area contributed by atoms with Crippen LogP contribution in [0, 0.1) is 0 Å². The highest BCUT2D eigenvalue weighted by Gasteiger charge is 2.17. The first-order valence-corrected chi connectivity index (χ1v) is 11.6. The van der Waals surface area contributed by atoms with Crippen LogP contribution in [0.15, 0.2) is 55.2 Å². The zero-order valence-electron chi connectivity index (χ0n) is 19.0. The number of imidazole rings is 1. The normalized spacial score (nSPS) is 14.6. The van der Waals surface area contributed by atoms with Crippen LogP contribution >= 0.6 is 0 Å². The quantitative estimate of drug-likeness (QED) is 0.408. The number of hydrogen-bond acceptors (Lipinski definition) is 7. The van der Waals surface area contributed by atoms with Crippen molar-refractivity contribution in [3.8, 4) is 16.8 Å². The van der Waals surface area contributed by atoms with Crippen LogP contribution in [0.4, 0.5) is 17.6 Å². The van der Waals surface area contributed by atoms with Crippen molar-refractivity contribution in [2.75, 3.05) is 11.1 Å². The van der Waals surface area contributed by atoms with E-state index in [1.54, 1.807) is 17.1 Å². The van der Waals surface area contributed by atoms with Gasteiger partial charge in [0.1, 0.15) is 5.52 Å². The molecule has 0 saturated heterocycles. The van der Waals surface area contributed by atoms with Crippen LogP contribution in [0.1, 0.15) is 38.1 Å². The molecule has 0 spiro atoms. The van der Waals surface area contributed by atoms with Gasteiger partial charge in [0.25, 0.3) is 0 Å². The minimum absolute atomic E-state index is 0.362. The molecule has 0 aliphatic heterocycles. The summed E-state index contributed by atoms with van der Waals surface area (Å²) in [6, 6.07) is 8.74. The Morgan fingerprint density at radius 2 is 1.74 bits per heavy atom. The van der Waals surface area contributed by atoms with Gasteiger partial charge in [0.15, 0.2) is 5.65 Å². The standard InChI is InChI=1S/C24H26N10/c1-32-15-18(12-27-32)29-24-26-13-21-22(31-24)34(23(25)30-21)20-9-7-16(8-10-20)17-11-28-33(14-17)19-5-3-2-4-6-19/h7-15,19H,2-6H2,1H3,(H2,25,30)(H,26,29,31). The summed E-state index contributed by atoms with van der Waals surface area (Å²) in [7, 11) is 1.86. The van der Waals surface area contributed by atoms with Crippen molar-refractivity contribution in [3.05, 3.63) is 55.2 Å². The predicted octanol–water partition coefficient (Wildman–Crippen LogP) is 4.24. The number of nitrogens with two attached hydrogens (primary N) is 1. The third-order valence-corrected chi connectivity index (χ3v) is 6.40. The largest absolute Gasteiger partial charge is 0.369 e. The monoisotopic (exact) mass is 454 g/mol. The molecule has 0 radical (unpaired) electrons. The van der Waals surface area contributed by atoms with E-state index in [0.717, 1.165) is 22.5 Å². The lowest BCUT2D eigenvalue weighted by molar-refractivity contribution is 0.329. The van der Waals surface area contributed by atoms with Gasteiger partial charge in [-0.25, -0.2) is 9.97 Å². The van der Waals surface area contributed by atoms with Crippen molar-refractivity contribution in [1.29, 1.82) is 0 Å². The molecular weight excluding hydrogens is 428 g/mol. The van der Waals surface area contributed by atoms with Crippen LogP contribution in [-0.2, 0) is 7.05 Å². The summed E-state index contributed by atoms with van der Waals surface area (Å²) in [5.41, 5.74) is 11.4. The molecule has 1 aliphatic carbocycles. The number of hydrogen-bond donors (Lipinski definition) is 2. The second-order valence-electron chi connectivity index (χ2n) is 8.78. The first kappa shape index (κ1) is 20.4. The molecule has 5 aromatic rings. The SMILES string of the molecule is Cn1cc(Nc2ncc3nc(N)n(-c4ccc(-c5cnn(C6CCCCC6)c5)cc4)c3n2)cn1. The second kappa shape index (κ2) is 8.29. The summed E-state index contributed by atoms with van der Waals surface area (Å²) in [6.45, 7) is 0. The number of rotatable bonds is 5. The van der Waals surface area contributed by atoms with E-state index in [1.165, 1.54) is 32.1 Å². The molecule has 0 atom stereocenters. The van der Waals surface area contributed by atoms with Crippen molar-refractivity contribution in [2.45, 2.75) is 38.1 Å². The maximum Gasteiger partial charge on any atom is 0.229 e. The molecule has 1 aliphatic rings. The number of nitrogen functional groups attached to an aromatic ring is 1. The molecule has 172 valence electrons. The maximum absolute atomic E-state index is 6.26. The summed E-state index contributed by atoms with van der Waals surface area (Å²) in [5, 5.41) is 12.0. The molecule has 1 aromatic carbocycles. The number of nitrogens with one attached hydrogen (secondary N) is 1. The Morgan fingerprint density at radius 1 is 0.912 bits per heavy atom. The number of nitrogens with zero attached hydrogens (tertiary/aromatic N) is 8. The fraction of sp³-hybridized carbons (Fsp3) is 0.292. The third-order valence-electron chi connectivity index (χ3n) is 6.40. The van der Waals surface area contributed by atoms with E-state index < -0.39 is 0 Å². The van der Waals surface area contributed by atoms with Crippen molar-refractivity contribution < 1.29 is 0 Å². The lowest BCUT2D eigenvalue weighted by Gasteiger charge is -2.21. The molecule has 0 bridgehead atoms.